The number of nitrogens with zero attached hydrogens (tertiary/aromatic N) is 1. The van der Waals surface area contributed by atoms with Crippen LogP contribution in [0.3, 0.4) is 0 Å². The van der Waals surface area contributed by atoms with Crippen molar-refractivity contribution in [1.29, 1.82) is 0 Å². The van der Waals surface area contributed by atoms with Crippen molar-refractivity contribution < 1.29 is 4.79 Å². The summed E-state index contributed by atoms with van der Waals surface area (Å²) in [6.07, 6.45) is 4.01. The smallest absolute Gasteiger partial charge is 0.227 e. The van der Waals surface area contributed by atoms with Gasteiger partial charge >= 0.3 is 0 Å². The van der Waals surface area contributed by atoms with Crippen molar-refractivity contribution in [3.05, 3.63) is 29.8 Å². The molecule has 114 valence electrons. The normalized spacial score (nSPS) is 21.9. The fourth-order valence-electron chi connectivity index (χ4n) is 3.63. The second kappa shape index (κ2) is 5.80. The van der Waals surface area contributed by atoms with Gasteiger partial charge in [0.25, 0.3) is 0 Å². The van der Waals surface area contributed by atoms with Gasteiger partial charge in [-0.25, -0.2) is 0 Å². The SMILES string of the molecule is CC1(C)CCN(C(=O)CC2CCNCC2)c2ccccc21. The average Bonchev–Trinajstić information content (AvgIpc) is 2.48. The van der Waals surface area contributed by atoms with Crippen LogP contribution in [0.15, 0.2) is 24.3 Å². The van der Waals surface area contributed by atoms with E-state index in [9.17, 15) is 4.79 Å². The number of piperidine rings is 1. The fraction of sp³-hybridized carbons (Fsp3) is 0.611. The first-order valence-electron chi connectivity index (χ1n) is 8.18. The van der Waals surface area contributed by atoms with Gasteiger partial charge in [0.2, 0.25) is 5.91 Å². The van der Waals surface area contributed by atoms with Crippen molar-refractivity contribution in [2.45, 2.75) is 44.9 Å². The zero-order valence-electron chi connectivity index (χ0n) is 13.2. The van der Waals surface area contributed by atoms with Crippen LogP contribution in [-0.2, 0) is 10.2 Å². The summed E-state index contributed by atoms with van der Waals surface area (Å²) in [5, 5.41) is 3.37. The molecule has 0 bridgehead atoms. The summed E-state index contributed by atoms with van der Waals surface area (Å²) in [5.74, 6) is 0.866. The van der Waals surface area contributed by atoms with Crippen LogP contribution in [-0.4, -0.2) is 25.5 Å². The molecule has 3 rings (SSSR count). The highest BCUT2D eigenvalue weighted by Crippen LogP contribution is 2.39. The van der Waals surface area contributed by atoms with E-state index in [-0.39, 0.29) is 5.41 Å². The molecule has 0 aliphatic carbocycles. The second-order valence-electron chi connectivity index (χ2n) is 7.09. The molecule has 1 N–H and O–H groups in total. The molecular formula is C18H26N2O. The second-order valence-corrected chi connectivity index (χ2v) is 7.09. The van der Waals surface area contributed by atoms with Crippen LogP contribution in [0.2, 0.25) is 0 Å². The predicted molar refractivity (Wildman–Crippen MR) is 86.6 cm³/mol. The van der Waals surface area contributed by atoms with Crippen molar-refractivity contribution in [2.24, 2.45) is 5.92 Å². The summed E-state index contributed by atoms with van der Waals surface area (Å²) in [7, 11) is 0. The Labute approximate surface area is 127 Å². The van der Waals surface area contributed by atoms with E-state index in [4.69, 9.17) is 0 Å². The summed E-state index contributed by atoms with van der Waals surface area (Å²) >= 11 is 0. The van der Waals surface area contributed by atoms with E-state index in [1.165, 1.54) is 5.56 Å². The third kappa shape index (κ3) is 2.98. The van der Waals surface area contributed by atoms with Gasteiger partial charge in [-0.05, 0) is 55.3 Å². The molecule has 3 heteroatoms. The average molecular weight is 286 g/mol. The van der Waals surface area contributed by atoms with Gasteiger partial charge in [-0.2, -0.15) is 0 Å². The number of rotatable bonds is 2. The maximum absolute atomic E-state index is 12.7. The highest BCUT2D eigenvalue weighted by molar-refractivity contribution is 5.95. The van der Waals surface area contributed by atoms with Crippen molar-refractivity contribution in [3.63, 3.8) is 0 Å². The van der Waals surface area contributed by atoms with Crippen LogP contribution in [0.4, 0.5) is 5.69 Å². The molecule has 0 atom stereocenters. The Morgan fingerprint density at radius 1 is 1.29 bits per heavy atom. The van der Waals surface area contributed by atoms with Gasteiger partial charge in [0, 0.05) is 18.7 Å². The maximum atomic E-state index is 12.7. The Bertz CT molecular complexity index is 518. The first-order valence-corrected chi connectivity index (χ1v) is 8.18. The van der Waals surface area contributed by atoms with Crippen molar-refractivity contribution in [2.75, 3.05) is 24.5 Å². The zero-order valence-corrected chi connectivity index (χ0v) is 13.2. The van der Waals surface area contributed by atoms with Crippen LogP contribution in [0.1, 0.15) is 45.1 Å². The molecule has 2 aliphatic heterocycles. The number of benzene rings is 1. The molecule has 0 aromatic heterocycles. The monoisotopic (exact) mass is 286 g/mol. The number of fused-ring (bicyclic) bond motifs is 1. The summed E-state index contributed by atoms with van der Waals surface area (Å²) in [6.45, 7) is 7.53. The van der Waals surface area contributed by atoms with Crippen LogP contribution in [0.5, 0.6) is 0 Å². The van der Waals surface area contributed by atoms with Gasteiger partial charge in [0.05, 0.1) is 0 Å². The minimum atomic E-state index is 0.169. The predicted octanol–water partition coefficient (Wildman–Crippen LogP) is 3.09. The molecule has 3 nitrogen and oxygen atoms in total. The van der Waals surface area contributed by atoms with Gasteiger partial charge in [-0.1, -0.05) is 32.0 Å². The molecule has 1 aromatic rings. The standard InChI is InChI=1S/C18H26N2O/c1-18(2)9-12-20(16-6-4-3-5-15(16)18)17(21)13-14-7-10-19-11-8-14/h3-6,14,19H,7-13H2,1-2H3. The lowest BCUT2D eigenvalue weighted by molar-refractivity contribution is -0.119. The van der Waals surface area contributed by atoms with E-state index < -0.39 is 0 Å². The summed E-state index contributed by atoms with van der Waals surface area (Å²) in [4.78, 5) is 14.8. The number of carbonyl (C=O) groups excluding carboxylic acids is 1. The Morgan fingerprint density at radius 2 is 2.00 bits per heavy atom. The number of anilines is 1. The number of hydrogen-bond donors (Lipinski definition) is 1. The Morgan fingerprint density at radius 3 is 2.76 bits per heavy atom. The van der Waals surface area contributed by atoms with E-state index in [0.717, 1.165) is 44.6 Å². The molecule has 21 heavy (non-hydrogen) atoms. The zero-order chi connectivity index (χ0) is 14.9. The van der Waals surface area contributed by atoms with Crippen LogP contribution < -0.4 is 10.2 Å². The number of amides is 1. The molecule has 2 aliphatic rings. The third-order valence-corrected chi connectivity index (χ3v) is 5.11. The van der Waals surface area contributed by atoms with Crippen molar-refractivity contribution >= 4 is 11.6 Å². The topological polar surface area (TPSA) is 32.3 Å². The number of nitrogens with one attached hydrogen (secondary N) is 1. The first-order chi connectivity index (χ1) is 10.1. The lowest BCUT2D eigenvalue weighted by atomic mass is 9.77. The van der Waals surface area contributed by atoms with Crippen LogP contribution in [0.25, 0.3) is 0 Å². The van der Waals surface area contributed by atoms with Crippen molar-refractivity contribution in [3.8, 4) is 0 Å². The quantitative estimate of drug-likeness (QED) is 0.906. The van der Waals surface area contributed by atoms with E-state index in [0.29, 0.717) is 18.2 Å². The van der Waals surface area contributed by atoms with Gasteiger partial charge < -0.3 is 10.2 Å². The van der Waals surface area contributed by atoms with Crippen LogP contribution in [0, 0.1) is 5.92 Å². The molecular weight excluding hydrogens is 260 g/mol. The van der Waals surface area contributed by atoms with Gasteiger partial charge in [0.15, 0.2) is 0 Å². The van der Waals surface area contributed by atoms with E-state index >= 15 is 0 Å². The Hall–Kier alpha value is -1.35. The number of para-hydroxylation sites is 1. The molecule has 0 radical (unpaired) electrons. The minimum Gasteiger partial charge on any atom is -0.317 e. The van der Waals surface area contributed by atoms with E-state index in [1.54, 1.807) is 0 Å². The highest BCUT2D eigenvalue weighted by atomic mass is 16.2. The molecule has 0 saturated carbocycles. The largest absolute Gasteiger partial charge is 0.317 e. The van der Waals surface area contributed by atoms with Gasteiger partial charge in [-0.3, -0.25) is 4.79 Å². The fourth-order valence-corrected chi connectivity index (χ4v) is 3.63. The van der Waals surface area contributed by atoms with Gasteiger partial charge in [0.1, 0.15) is 0 Å². The number of hydrogen-bond acceptors (Lipinski definition) is 2. The summed E-state index contributed by atoms with van der Waals surface area (Å²) in [6, 6.07) is 8.42. The lowest BCUT2D eigenvalue weighted by Gasteiger charge is -2.39. The van der Waals surface area contributed by atoms with Gasteiger partial charge in [-0.15, -0.1) is 0 Å². The highest BCUT2D eigenvalue weighted by Gasteiger charge is 2.33. The van der Waals surface area contributed by atoms with E-state index in [1.807, 2.05) is 11.0 Å². The Kier molecular flexibility index (Phi) is 4.03. The number of carbonyl (C=O) groups is 1. The lowest BCUT2D eigenvalue weighted by Crippen LogP contribution is -2.42. The molecule has 0 spiro atoms. The van der Waals surface area contributed by atoms with Crippen LogP contribution >= 0.6 is 0 Å². The van der Waals surface area contributed by atoms with Crippen molar-refractivity contribution in [1.82, 2.24) is 5.32 Å². The first kappa shape index (κ1) is 14.6. The molecule has 1 amide bonds. The Balaban J connectivity index is 1.78. The molecule has 0 unspecified atom stereocenters. The molecule has 2 heterocycles. The molecule has 1 saturated heterocycles. The molecule has 1 aromatic carbocycles. The third-order valence-electron chi connectivity index (χ3n) is 5.11. The van der Waals surface area contributed by atoms with E-state index in [2.05, 4.69) is 37.4 Å². The molecule has 1 fully saturated rings. The summed E-state index contributed by atoms with van der Waals surface area (Å²) in [5.41, 5.74) is 2.62. The minimum absolute atomic E-state index is 0.169. The summed E-state index contributed by atoms with van der Waals surface area (Å²) < 4.78 is 0. The maximum Gasteiger partial charge on any atom is 0.227 e.